The van der Waals surface area contributed by atoms with Crippen molar-refractivity contribution in [2.45, 2.75) is 39.7 Å². The lowest BCUT2D eigenvalue weighted by Gasteiger charge is -2.15. The third-order valence-corrected chi connectivity index (χ3v) is 4.06. The third-order valence-electron chi connectivity index (χ3n) is 3.33. The van der Waals surface area contributed by atoms with E-state index in [0.717, 1.165) is 12.8 Å². The quantitative estimate of drug-likeness (QED) is 0.886. The van der Waals surface area contributed by atoms with E-state index in [1.54, 1.807) is 11.3 Å². The third kappa shape index (κ3) is 3.21. The zero-order chi connectivity index (χ0) is 13.1. The summed E-state index contributed by atoms with van der Waals surface area (Å²) in [6.07, 6.45) is 1.20. The van der Waals surface area contributed by atoms with Gasteiger partial charge in [0.1, 0.15) is 0 Å². The Kier molecular flexibility index (Phi) is 4.20. The molecule has 1 aromatic heterocycles. The number of aliphatic hydroxyl groups excluding tert-OH is 1. The molecule has 96 valence electrons. The van der Waals surface area contributed by atoms with Gasteiger partial charge in [-0.05, 0) is 72.7 Å². The van der Waals surface area contributed by atoms with E-state index in [0.29, 0.717) is 0 Å². The van der Waals surface area contributed by atoms with Gasteiger partial charge in [-0.2, -0.15) is 11.3 Å². The molecule has 1 N–H and O–H groups in total. The van der Waals surface area contributed by atoms with E-state index in [1.807, 2.05) is 0 Å². The summed E-state index contributed by atoms with van der Waals surface area (Å²) in [6.45, 7) is 6.38. The number of thiophene rings is 1. The minimum atomic E-state index is -0.292. The SMILES string of the molecule is Cc1cc(C)c(CC(O)Cc2ccsc2)c(C)c1. The second-order valence-corrected chi connectivity index (χ2v) is 5.85. The van der Waals surface area contributed by atoms with Crippen molar-refractivity contribution in [1.82, 2.24) is 0 Å². The summed E-state index contributed by atoms with van der Waals surface area (Å²) in [5, 5.41) is 14.4. The lowest BCUT2D eigenvalue weighted by atomic mass is 9.94. The van der Waals surface area contributed by atoms with E-state index >= 15 is 0 Å². The molecule has 1 atom stereocenters. The zero-order valence-corrected chi connectivity index (χ0v) is 12.1. The summed E-state index contributed by atoms with van der Waals surface area (Å²) in [7, 11) is 0. The predicted molar refractivity (Wildman–Crippen MR) is 78.4 cm³/mol. The van der Waals surface area contributed by atoms with E-state index in [-0.39, 0.29) is 6.10 Å². The molecule has 18 heavy (non-hydrogen) atoms. The number of aryl methyl sites for hydroxylation is 3. The van der Waals surface area contributed by atoms with Gasteiger partial charge in [0.2, 0.25) is 0 Å². The first-order valence-corrected chi connectivity index (χ1v) is 7.26. The van der Waals surface area contributed by atoms with Crippen LogP contribution in [0.4, 0.5) is 0 Å². The van der Waals surface area contributed by atoms with Crippen molar-refractivity contribution >= 4 is 11.3 Å². The molecule has 0 aliphatic carbocycles. The van der Waals surface area contributed by atoms with Crippen LogP contribution in [0.1, 0.15) is 27.8 Å². The average molecular weight is 260 g/mol. The molecule has 1 heterocycles. The van der Waals surface area contributed by atoms with E-state index in [2.05, 4.69) is 49.7 Å². The van der Waals surface area contributed by atoms with Crippen LogP contribution in [0.2, 0.25) is 0 Å². The maximum absolute atomic E-state index is 10.2. The number of hydrogen-bond donors (Lipinski definition) is 1. The van der Waals surface area contributed by atoms with Crippen molar-refractivity contribution in [2.24, 2.45) is 0 Å². The molecule has 0 bridgehead atoms. The van der Waals surface area contributed by atoms with Gasteiger partial charge in [-0.25, -0.2) is 0 Å². The highest BCUT2D eigenvalue weighted by molar-refractivity contribution is 7.07. The van der Waals surface area contributed by atoms with Gasteiger partial charge in [0.15, 0.2) is 0 Å². The van der Waals surface area contributed by atoms with Crippen LogP contribution in [-0.2, 0) is 12.8 Å². The molecule has 1 aromatic carbocycles. The molecule has 0 saturated heterocycles. The predicted octanol–water partition coefficient (Wildman–Crippen LogP) is 3.82. The molecule has 0 fully saturated rings. The highest BCUT2D eigenvalue weighted by atomic mass is 32.1. The molecule has 0 radical (unpaired) electrons. The first-order chi connectivity index (χ1) is 8.56. The normalized spacial score (nSPS) is 12.7. The van der Waals surface area contributed by atoms with Crippen molar-refractivity contribution < 1.29 is 5.11 Å². The maximum atomic E-state index is 10.2. The molecule has 1 unspecified atom stereocenters. The summed E-state index contributed by atoms with van der Waals surface area (Å²) in [5.41, 5.74) is 6.40. The van der Waals surface area contributed by atoms with Gasteiger partial charge in [-0.15, -0.1) is 0 Å². The molecule has 2 heteroatoms. The summed E-state index contributed by atoms with van der Waals surface area (Å²) >= 11 is 1.69. The molecular weight excluding hydrogens is 240 g/mol. The number of aliphatic hydroxyl groups is 1. The van der Waals surface area contributed by atoms with Crippen molar-refractivity contribution in [3.05, 3.63) is 56.8 Å². The van der Waals surface area contributed by atoms with Crippen LogP contribution in [-0.4, -0.2) is 11.2 Å². The Labute approximate surface area is 113 Å². The Morgan fingerprint density at radius 3 is 2.33 bits per heavy atom. The van der Waals surface area contributed by atoms with E-state index in [1.165, 1.54) is 27.8 Å². The Balaban J connectivity index is 2.09. The van der Waals surface area contributed by atoms with Crippen molar-refractivity contribution in [1.29, 1.82) is 0 Å². The number of rotatable bonds is 4. The second-order valence-electron chi connectivity index (χ2n) is 5.07. The van der Waals surface area contributed by atoms with Crippen LogP contribution in [0.15, 0.2) is 29.0 Å². The highest BCUT2D eigenvalue weighted by Crippen LogP contribution is 2.19. The van der Waals surface area contributed by atoms with Crippen LogP contribution >= 0.6 is 11.3 Å². The van der Waals surface area contributed by atoms with Crippen LogP contribution in [0, 0.1) is 20.8 Å². The molecule has 0 aliphatic rings. The van der Waals surface area contributed by atoms with Gasteiger partial charge < -0.3 is 5.11 Å². The zero-order valence-electron chi connectivity index (χ0n) is 11.2. The van der Waals surface area contributed by atoms with E-state index in [4.69, 9.17) is 0 Å². The average Bonchev–Trinajstić information content (AvgIpc) is 2.76. The summed E-state index contributed by atoms with van der Waals surface area (Å²) in [5.74, 6) is 0. The van der Waals surface area contributed by atoms with Gasteiger partial charge in [-0.3, -0.25) is 0 Å². The minimum Gasteiger partial charge on any atom is -0.392 e. The number of benzene rings is 1. The number of hydrogen-bond acceptors (Lipinski definition) is 2. The van der Waals surface area contributed by atoms with Crippen LogP contribution < -0.4 is 0 Å². The lowest BCUT2D eigenvalue weighted by Crippen LogP contribution is -2.15. The van der Waals surface area contributed by atoms with Crippen molar-refractivity contribution in [3.63, 3.8) is 0 Å². The fraction of sp³-hybridized carbons (Fsp3) is 0.375. The van der Waals surface area contributed by atoms with Crippen LogP contribution in [0.3, 0.4) is 0 Å². The second kappa shape index (κ2) is 5.68. The minimum absolute atomic E-state index is 0.292. The molecule has 0 aliphatic heterocycles. The Morgan fingerprint density at radius 2 is 1.78 bits per heavy atom. The molecule has 2 aromatic rings. The lowest BCUT2D eigenvalue weighted by molar-refractivity contribution is 0.175. The smallest absolute Gasteiger partial charge is 0.0621 e. The Hall–Kier alpha value is -1.12. The molecular formula is C16H20OS. The standard InChI is InChI=1S/C16H20OS/c1-11-6-12(2)16(13(3)7-11)9-15(17)8-14-4-5-18-10-14/h4-7,10,15,17H,8-9H2,1-3H3. The van der Waals surface area contributed by atoms with Crippen molar-refractivity contribution in [2.75, 3.05) is 0 Å². The fourth-order valence-electron chi connectivity index (χ4n) is 2.52. The summed E-state index contributed by atoms with van der Waals surface area (Å²) < 4.78 is 0. The van der Waals surface area contributed by atoms with Crippen LogP contribution in [0.25, 0.3) is 0 Å². The van der Waals surface area contributed by atoms with E-state index in [9.17, 15) is 5.11 Å². The summed E-state index contributed by atoms with van der Waals surface area (Å²) in [6, 6.07) is 6.47. The maximum Gasteiger partial charge on any atom is 0.0621 e. The monoisotopic (exact) mass is 260 g/mol. The topological polar surface area (TPSA) is 20.2 Å². The highest BCUT2D eigenvalue weighted by Gasteiger charge is 2.11. The van der Waals surface area contributed by atoms with Gasteiger partial charge in [0.25, 0.3) is 0 Å². The fourth-order valence-corrected chi connectivity index (χ4v) is 3.20. The largest absolute Gasteiger partial charge is 0.392 e. The Bertz CT molecular complexity index is 491. The Morgan fingerprint density at radius 1 is 1.11 bits per heavy atom. The first kappa shape index (κ1) is 13.3. The van der Waals surface area contributed by atoms with E-state index < -0.39 is 0 Å². The van der Waals surface area contributed by atoms with Gasteiger partial charge >= 0.3 is 0 Å². The molecule has 0 amide bonds. The van der Waals surface area contributed by atoms with Gasteiger partial charge in [-0.1, -0.05) is 17.7 Å². The summed E-state index contributed by atoms with van der Waals surface area (Å²) in [4.78, 5) is 0. The molecule has 0 spiro atoms. The van der Waals surface area contributed by atoms with Crippen molar-refractivity contribution in [3.8, 4) is 0 Å². The van der Waals surface area contributed by atoms with Crippen LogP contribution in [0.5, 0.6) is 0 Å². The van der Waals surface area contributed by atoms with Gasteiger partial charge in [0, 0.05) is 0 Å². The van der Waals surface area contributed by atoms with Gasteiger partial charge in [0.05, 0.1) is 6.10 Å². The molecule has 1 nitrogen and oxygen atoms in total. The molecule has 0 saturated carbocycles. The molecule has 2 rings (SSSR count). The first-order valence-electron chi connectivity index (χ1n) is 6.32.